The number of aliphatic hydroxyl groups is 1. The number of rotatable bonds is 9. The van der Waals surface area contributed by atoms with Crippen LogP contribution in [0.1, 0.15) is 62.2 Å². The van der Waals surface area contributed by atoms with Gasteiger partial charge in [0.1, 0.15) is 0 Å². The summed E-state index contributed by atoms with van der Waals surface area (Å²) in [7, 11) is 0. The Hall–Kier alpha value is -1.86. The third-order valence-corrected chi connectivity index (χ3v) is 4.23. The summed E-state index contributed by atoms with van der Waals surface area (Å²) in [4.78, 5) is 0. The molecule has 0 aliphatic heterocycles. The smallest absolute Gasteiger partial charge is 0.0893 e. The van der Waals surface area contributed by atoms with Crippen LogP contribution >= 0.6 is 0 Å². The second kappa shape index (κ2) is 10.0. The van der Waals surface area contributed by atoms with Crippen molar-refractivity contribution in [2.24, 2.45) is 0 Å². The minimum Gasteiger partial charge on any atom is -0.387 e. The molecule has 0 radical (unpaired) electrons. The Morgan fingerprint density at radius 2 is 1.43 bits per heavy atom. The van der Waals surface area contributed by atoms with Gasteiger partial charge in [-0.3, -0.25) is 0 Å². The zero-order valence-electron chi connectivity index (χ0n) is 14.1. The van der Waals surface area contributed by atoms with Gasteiger partial charge in [-0.25, -0.2) is 0 Å². The van der Waals surface area contributed by atoms with Crippen LogP contribution in [0.4, 0.5) is 0 Å². The molecule has 0 fully saturated rings. The number of aliphatic hydroxyl groups excluding tert-OH is 1. The van der Waals surface area contributed by atoms with E-state index in [1.54, 1.807) is 0 Å². The molecule has 0 aromatic heterocycles. The fourth-order valence-electron chi connectivity index (χ4n) is 2.86. The van der Waals surface area contributed by atoms with Gasteiger partial charge in [0.2, 0.25) is 0 Å². The maximum atomic E-state index is 10.8. The van der Waals surface area contributed by atoms with Crippen LogP contribution in [0.2, 0.25) is 0 Å². The standard InChI is InChI=1S/C22H28O/c1-2-3-4-5-6-13-18-21(19-14-9-7-10-15-19)22(23)20-16-11-8-12-17-20/h7-18,21-23H,2-6H2,1H3/b18-13+. The zero-order valence-corrected chi connectivity index (χ0v) is 14.1. The number of hydrogen-bond acceptors (Lipinski definition) is 1. The maximum Gasteiger partial charge on any atom is 0.0893 e. The summed E-state index contributed by atoms with van der Waals surface area (Å²) < 4.78 is 0. The highest BCUT2D eigenvalue weighted by Crippen LogP contribution is 2.32. The second-order valence-electron chi connectivity index (χ2n) is 6.07. The van der Waals surface area contributed by atoms with Gasteiger partial charge < -0.3 is 5.11 Å². The van der Waals surface area contributed by atoms with E-state index < -0.39 is 6.10 Å². The van der Waals surface area contributed by atoms with Crippen molar-refractivity contribution in [3.05, 3.63) is 83.9 Å². The molecular formula is C22H28O. The largest absolute Gasteiger partial charge is 0.387 e. The Labute approximate surface area is 140 Å². The topological polar surface area (TPSA) is 20.2 Å². The zero-order chi connectivity index (χ0) is 16.3. The van der Waals surface area contributed by atoms with Crippen LogP contribution in [-0.2, 0) is 0 Å². The molecule has 0 aliphatic carbocycles. The molecular weight excluding hydrogens is 280 g/mol. The Kier molecular flexibility index (Phi) is 7.62. The molecule has 23 heavy (non-hydrogen) atoms. The maximum absolute atomic E-state index is 10.8. The van der Waals surface area contributed by atoms with Crippen LogP contribution < -0.4 is 0 Å². The Morgan fingerprint density at radius 1 is 0.826 bits per heavy atom. The van der Waals surface area contributed by atoms with Crippen molar-refractivity contribution in [1.29, 1.82) is 0 Å². The molecule has 2 rings (SSSR count). The van der Waals surface area contributed by atoms with Gasteiger partial charge in [-0.1, -0.05) is 99.0 Å². The first-order valence-corrected chi connectivity index (χ1v) is 8.77. The van der Waals surface area contributed by atoms with Crippen LogP contribution in [-0.4, -0.2) is 5.11 Å². The SMILES string of the molecule is CCCCCC/C=C/C(c1ccccc1)C(O)c1ccccc1. The van der Waals surface area contributed by atoms with Crippen molar-refractivity contribution in [3.63, 3.8) is 0 Å². The van der Waals surface area contributed by atoms with Crippen molar-refractivity contribution >= 4 is 0 Å². The van der Waals surface area contributed by atoms with Crippen molar-refractivity contribution in [1.82, 2.24) is 0 Å². The normalized spacial score (nSPS) is 14.0. The van der Waals surface area contributed by atoms with E-state index in [-0.39, 0.29) is 5.92 Å². The first kappa shape index (κ1) is 17.5. The summed E-state index contributed by atoms with van der Waals surface area (Å²) in [6.45, 7) is 2.23. The van der Waals surface area contributed by atoms with Gasteiger partial charge in [0, 0.05) is 5.92 Å². The summed E-state index contributed by atoms with van der Waals surface area (Å²) in [5.41, 5.74) is 2.13. The van der Waals surface area contributed by atoms with Crippen LogP contribution in [0.15, 0.2) is 72.8 Å². The summed E-state index contributed by atoms with van der Waals surface area (Å²) in [5.74, 6) is 0.00442. The van der Waals surface area contributed by atoms with Crippen LogP contribution in [0.5, 0.6) is 0 Å². The number of hydrogen-bond donors (Lipinski definition) is 1. The minimum atomic E-state index is -0.509. The molecule has 2 atom stereocenters. The van der Waals surface area contributed by atoms with Crippen molar-refractivity contribution in [2.45, 2.75) is 51.0 Å². The third kappa shape index (κ3) is 5.69. The highest BCUT2D eigenvalue weighted by atomic mass is 16.3. The van der Waals surface area contributed by atoms with Crippen LogP contribution in [0, 0.1) is 0 Å². The minimum absolute atomic E-state index is 0.00442. The molecule has 2 aromatic rings. The summed E-state index contributed by atoms with van der Waals surface area (Å²) in [6.07, 6.45) is 10.1. The fourth-order valence-corrected chi connectivity index (χ4v) is 2.86. The molecule has 2 aromatic carbocycles. The average molecular weight is 308 g/mol. The molecule has 0 heterocycles. The van der Waals surface area contributed by atoms with E-state index in [2.05, 4.69) is 31.2 Å². The van der Waals surface area contributed by atoms with E-state index in [1.807, 2.05) is 48.5 Å². The lowest BCUT2D eigenvalue weighted by atomic mass is 9.88. The summed E-state index contributed by atoms with van der Waals surface area (Å²) >= 11 is 0. The Balaban J connectivity index is 2.08. The van der Waals surface area contributed by atoms with Crippen LogP contribution in [0.3, 0.4) is 0 Å². The molecule has 1 nitrogen and oxygen atoms in total. The lowest BCUT2D eigenvalue weighted by molar-refractivity contribution is 0.161. The van der Waals surface area contributed by atoms with Gasteiger partial charge in [-0.05, 0) is 24.0 Å². The van der Waals surface area contributed by atoms with Crippen molar-refractivity contribution in [2.75, 3.05) is 0 Å². The molecule has 0 saturated heterocycles. The second-order valence-corrected chi connectivity index (χ2v) is 6.07. The molecule has 0 amide bonds. The fraction of sp³-hybridized carbons (Fsp3) is 0.364. The molecule has 0 saturated carbocycles. The van der Waals surface area contributed by atoms with Crippen molar-refractivity contribution < 1.29 is 5.11 Å². The van der Waals surface area contributed by atoms with Crippen LogP contribution in [0.25, 0.3) is 0 Å². The molecule has 2 unspecified atom stereocenters. The summed E-state index contributed by atoms with van der Waals surface area (Å²) in [6, 6.07) is 20.2. The predicted molar refractivity (Wildman–Crippen MR) is 98.5 cm³/mol. The van der Waals surface area contributed by atoms with E-state index in [0.29, 0.717) is 0 Å². The van der Waals surface area contributed by atoms with Gasteiger partial charge >= 0.3 is 0 Å². The number of allylic oxidation sites excluding steroid dienone is 1. The van der Waals surface area contributed by atoms with E-state index >= 15 is 0 Å². The average Bonchev–Trinajstić information content (AvgIpc) is 2.62. The van der Waals surface area contributed by atoms with Gasteiger partial charge in [0.05, 0.1) is 6.10 Å². The summed E-state index contributed by atoms with van der Waals surface area (Å²) in [5, 5.41) is 10.8. The van der Waals surface area contributed by atoms with Gasteiger partial charge in [-0.15, -0.1) is 0 Å². The lowest BCUT2D eigenvalue weighted by Gasteiger charge is -2.21. The van der Waals surface area contributed by atoms with Gasteiger partial charge in [0.25, 0.3) is 0 Å². The molecule has 0 spiro atoms. The Morgan fingerprint density at radius 3 is 2.04 bits per heavy atom. The van der Waals surface area contributed by atoms with E-state index in [4.69, 9.17) is 0 Å². The molecule has 0 aliphatic rings. The monoisotopic (exact) mass is 308 g/mol. The van der Waals surface area contributed by atoms with E-state index in [0.717, 1.165) is 17.5 Å². The molecule has 1 N–H and O–H groups in total. The molecule has 122 valence electrons. The van der Waals surface area contributed by atoms with Gasteiger partial charge in [0.15, 0.2) is 0 Å². The quantitative estimate of drug-likeness (QED) is 0.443. The van der Waals surface area contributed by atoms with Crippen molar-refractivity contribution in [3.8, 4) is 0 Å². The number of benzene rings is 2. The van der Waals surface area contributed by atoms with Gasteiger partial charge in [-0.2, -0.15) is 0 Å². The first-order chi connectivity index (χ1) is 11.3. The number of unbranched alkanes of at least 4 members (excludes halogenated alkanes) is 4. The first-order valence-electron chi connectivity index (χ1n) is 8.77. The highest BCUT2D eigenvalue weighted by Gasteiger charge is 2.19. The lowest BCUT2D eigenvalue weighted by Crippen LogP contribution is -2.08. The third-order valence-electron chi connectivity index (χ3n) is 4.23. The van der Waals surface area contributed by atoms with E-state index in [1.165, 1.54) is 25.7 Å². The highest BCUT2D eigenvalue weighted by molar-refractivity contribution is 5.30. The van der Waals surface area contributed by atoms with E-state index in [9.17, 15) is 5.11 Å². The predicted octanol–water partition coefficient (Wildman–Crippen LogP) is 6.03. The Bertz CT molecular complexity index is 559. The molecule has 0 bridgehead atoms. The molecule has 1 heteroatoms.